The summed E-state index contributed by atoms with van der Waals surface area (Å²) in [5.41, 5.74) is 3.46. The second-order valence-electron chi connectivity index (χ2n) is 7.74. The number of morpholine rings is 1. The number of benzene rings is 1. The molecule has 1 fully saturated rings. The number of nitrogens with zero attached hydrogens (tertiary/aromatic N) is 5. The predicted octanol–water partition coefficient (Wildman–Crippen LogP) is 4.09. The Morgan fingerprint density at radius 3 is 2.64 bits per heavy atom. The average molecular weight is 446 g/mol. The van der Waals surface area contributed by atoms with Crippen LogP contribution >= 0.6 is 0 Å². The summed E-state index contributed by atoms with van der Waals surface area (Å²) in [6.45, 7) is 5.14. The maximum atomic E-state index is 14.0. The largest absolute Gasteiger partial charge is 0.378 e. The van der Waals surface area contributed by atoms with E-state index >= 15 is 0 Å². The Kier molecular flexibility index (Phi) is 5.95. The molecule has 4 aromatic rings. The fraction of sp³-hybridized carbons (Fsp3) is 0.250. The van der Waals surface area contributed by atoms with E-state index in [9.17, 15) is 4.39 Å². The maximum absolute atomic E-state index is 14.0. The number of hydrogen-bond donors (Lipinski definition) is 1. The predicted molar refractivity (Wildman–Crippen MR) is 122 cm³/mol. The van der Waals surface area contributed by atoms with Crippen molar-refractivity contribution in [3.05, 3.63) is 71.9 Å². The first-order chi connectivity index (χ1) is 16.2. The zero-order valence-corrected chi connectivity index (χ0v) is 18.2. The van der Waals surface area contributed by atoms with Crippen molar-refractivity contribution in [2.75, 3.05) is 36.5 Å². The van der Waals surface area contributed by atoms with Crippen LogP contribution in [-0.2, 0) is 11.3 Å². The fourth-order valence-electron chi connectivity index (χ4n) is 3.68. The molecule has 1 aliphatic heterocycles. The van der Waals surface area contributed by atoms with Crippen LogP contribution in [0.1, 0.15) is 11.3 Å². The number of rotatable bonds is 6. The van der Waals surface area contributed by atoms with Gasteiger partial charge in [0.1, 0.15) is 11.6 Å². The molecule has 0 radical (unpaired) electrons. The minimum absolute atomic E-state index is 0.265. The molecule has 3 aromatic heterocycles. The number of ether oxygens (including phenoxy) is 1. The highest BCUT2D eigenvalue weighted by molar-refractivity contribution is 5.78. The number of aromatic nitrogens is 4. The van der Waals surface area contributed by atoms with Crippen LogP contribution in [0.25, 0.3) is 22.6 Å². The third-order valence-corrected chi connectivity index (χ3v) is 5.43. The molecule has 8 nitrogen and oxygen atoms in total. The summed E-state index contributed by atoms with van der Waals surface area (Å²) in [6, 6.07) is 12.4. The maximum Gasteiger partial charge on any atom is 0.223 e. The molecule has 0 spiro atoms. The van der Waals surface area contributed by atoms with E-state index in [0.717, 1.165) is 30.2 Å². The van der Waals surface area contributed by atoms with E-state index in [-0.39, 0.29) is 12.4 Å². The molecule has 168 valence electrons. The number of anilines is 2. The molecule has 0 unspecified atom stereocenters. The summed E-state index contributed by atoms with van der Waals surface area (Å²) < 4.78 is 24.9. The number of halogens is 1. The second-order valence-corrected chi connectivity index (χ2v) is 7.74. The van der Waals surface area contributed by atoms with Gasteiger partial charge in [-0.3, -0.25) is 0 Å². The van der Waals surface area contributed by atoms with Gasteiger partial charge < -0.3 is 19.5 Å². The van der Waals surface area contributed by atoms with E-state index in [0.29, 0.717) is 41.7 Å². The lowest BCUT2D eigenvalue weighted by Gasteiger charge is -2.27. The molecular weight excluding hydrogens is 423 g/mol. The summed E-state index contributed by atoms with van der Waals surface area (Å²) in [4.78, 5) is 16.0. The molecule has 0 amide bonds. The minimum Gasteiger partial charge on any atom is -0.378 e. The number of pyridine rings is 1. The van der Waals surface area contributed by atoms with E-state index in [1.807, 2.05) is 25.1 Å². The monoisotopic (exact) mass is 446 g/mol. The Labute approximate surface area is 190 Å². The first-order valence-electron chi connectivity index (χ1n) is 10.7. The summed E-state index contributed by atoms with van der Waals surface area (Å²) in [7, 11) is 0. The number of nitrogens with one attached hydrogen (secondary N) is 1. The summed E-state index contributed by atoms with van der Waals surface area (Å²) in [5.74, 6) is 1.57. The zero-order valence-electron chi connectivity index (χ0n) is 18.2. The Bertz CT molecular complexity index is 1240. The van der Waals surface area contributed by atoms with Crippen molar-refractivity contribution >= 4 is 11.8 Å². The summed E-state index contributed by atoms with van der Waals surface area (Å²) in [5, 5.41) is 7.10. The molecule has 4 heterocycles. The van der Waals surface area contributed by atoms with Gasteiger partial charge in [-0.1, -0.05) is 23.4 Å². The van der Waals surface area contributed by atoms with Crippen LogP contribution in [0.3, 0.4) is 0 Å². The topological polar surface area (TPSA) is 89.2 Å². The van der Waals surface area contributed by atoms with Gasteiger partial charge in [-0.25, -0.2) is 19.3 Å². The minimum atomic E-state index is -0.276. The molecule has 1 saturated heterocycles. The quantitative estimate of drug-likeness (QED) is 0.474. The standard InChI is InChI=1S/C24H23FN6O2/c1-16-12-21(33-30-16)19-15-28-24(27-13-17-4-2-3-5-20(17)25)29-23(19)18-6-7-22(26-14-18)31-8-10-32-11-9-31/h2-7,12,14-15H,8-11,13H2,1H3,(H,27,28,29). The average Bonchev–Trinajstić information content (AvgIpc) is 3.30. The van der Waals surface area contributed by atoms with Crippen molar-refractivity contribution in [1.29, 1.82) is 0 Å². The number of aryl methyl sites for hydroxylation is 1. The van der Waals surface area contributed by atoms with Gasteiger partial charge in [-0.05, 0) is 25.1 Å². The molecule has 33 heavy (non-hydrogen) atoms. The molecule has 0 saturated carbocycles. The van der Waals surface area contributed by atoms with Gasteiger partial charge in [0.15, 0.2) is 5.76 Å². The summed E-state index contributed by atoms with van der Waals surface area (Å²) >= 11 is 0. The van der Waals surface area contributed by atoms with Crippen LogP contribution in [0.2, 0.25) is 0 Å². The first kappa shape index (κ1) is 21.0. The Morgan fingerprint density at radius 2 is 1.91 bits per heavy atom. The molecule has 1 N–H and O–H groups in total. The summed E-state index contributed by atoms with van der Waals surface area (Å²) in [6.07, 6.45) is 3.47. The van der Waals surface area contributed by atoms with Gasteiger partial charge >= 0.3 is 0 Å². The zero-order chi connectivity index (χ0) is 22.6. The smallest absolute Gasteiger partial charge is 0.223 e. The van der Waals surface area contributed by atoms with Crippen LogP contribution in [0.5, 0.6) is 0 Å². The Balaban J connectivity index is 1.46. The van der Waals surface area contributed by atoms with Gasteiger partial charge in [-0.15, -0.1) is 0 Å². The first-order valence-corrected chi connectivity index (χ1v) is 10.7. The molecule has 0 aliphatic carbocycles. The van der Waals surface area contributed by atoms with Crippen molar-refractivity contribution in [3.8, 4) is 22.6 Å². The van der Waals surface area contributed by atoms with Gasteiger partial charge in [0.25, 0.3) is 0 Å². The van der Waals surface area contributed by atoms with Gasteiger partial charge in [0.05, 0.1) is 30.2 Å². The van der Waals surface area contributed by atoms with E-state index in [2.05, 4.69) is 25.3 Å². The Hall–Kier alpha value is -3.85. The van der Waals surface area contributed by atoms with Crippen molar-refractivity contribution in [1.82, 2.24) is 20.1 Å². The van der Waals surface area contributed by atoms with Crippen molar-refractivity contribution in [2.24, 2.45) is 0 Å². The van der Waals surface area contributed by atoms with Crippen molar-refractivity contribution < 1.29 is 13.7 Å². The van der Waals surface area contributed by atoms with Crippen LogP contribution in [0.15, 0.2) is 59.4 Å². The molecule has 1 aromatic carbocycles. The Morgan fingerprint density at radius 1 is 1.06 bits per heavy atom. The van der Waals surface area contributed by atoms with E-state index in [4.69, 9.17) is 14.2 Å². The highest BCUT2D eigenvalue weighted by atomic mass is 19.1. The van der Waals surface area contributed by atoms with Gasteiger partial charge in [-0.2, -0.15) is 0 Å². The van der Waals surface area contributed by atoms with Crippen LogP contribution < -0.4 is 10.2 Å². The molecule has 0 bridgehead atoms. The third-order valence-electron chi connectivity index (χ3n) is 5.43. The fourth-order valence-corrected chi connectivity index (χ4v) is 3.68. The highest BCUT2D eigenvalue weighted by Gasteiger charge is 2.17. The van der Waals surface area contributed by atoms with Gasteiger partial charge in [0, 0.05) is 49.2 Å². The lowest BCUT2D eigenvalue weighted by Crippen LogP contribution is -2.36. The van der Waals surface area contributed by atoms with Crippen LogP contribution in [0, 0.1) is 12.7 Å². The van der Waals surface area contributed by atoms with Crippen molar-refractivity contribution in [3.63, 3.8) is 0 Å². The SMILES string of the molecule is Cc1cc(-c2cnc(NCc3ccccc3F)nc2-c2ccc(N3CCOCC3)nc2)on1. The lowest BCUT2D eigenvalue weighted by molar-refractivity contribution is 0.122. The van der Waals surface area contributed by atoms with E-state index < -0.39 is 0 Å². The second kappa shape index (κ2) is 9.33. The molecule has 9 heteroatoms. The highest BCUT2D eigenvalue weighted by Crippen LogP contribution is 2.32. The van der Waals surface area contributed by atoms with Crippen LogP contribution in [0.4, 0.5) is 16.2 Å². The molecular formula is C24H23FN6O2. The normalized spacial score (nSPS) is 13.8. The third kappa shape index (κ3) is 4.68. The van der Waals surface area contributed by atoms with E-state index in [1.165, 1.54) is 6.07 Å². The molecule has 5 rings (SSSR count). The van der Waals surface area contributed by atoms with E-state index in [1.54, 1.807) is 30.6 Å². The van der Waals surface area contributed by atoms with Crippen molar-refractivity contribution in [2.45, 2.75) is 13.5 Å². The number of hydrogen-bond acceptors (Lipinski definition) is 8. The van der Waals surface area contributed by atoms with Gasteiger partial charge in [0.2, 0.25) is 5.95 Å². The lowest BCUT2D eigenvalue weighted by atomic mass is 10.1. The molecule has 1 aliphatic rings. The van der Waals surface area contributed by atoms with Crippen LogP contribution in [-0.4, -0.2) is 46.4 Å². The molecule has 0 atom stereocenters.